The van der Waals surface area contributed by atoms with Crippen molar-refractivity contribution in [3.8, 4) is 0 Å². The fraction of sp³-hybridized carbons (Fsp3) is 0.565. The van der Waals surface area contributed by atoms with Crippen molar-refractivity contribution in [2.24, 2.45) is 0 Å². The van der Waals surface area contributed by atoms with Crippen LogP contribution in [0.4, 0.5) is 20.4 Å². The number of sulfone groups is 1. The summed E-state index contributed by atoms with van der Waals surface area (Å²) in [4.78, 5) is 15.4. The van der Waals surface area contributed by atoms with Gasteiger partial charge in [0.05, 0.1) is 37.0 Å². The molecule has 2 aliphatic heterocycles. The van der Waals surface area contributed by atoms with Crippen molar-refractivity contribution in [2.75, 3.05) is 30.9 Å². The van der Waals surface area contributed by atoms with E-state index in [-0.39, 0.29) is 68.0 Å². The normalized spacial score (nSPS) is 30.9. The number of aliphatic hydroxyl groups is 4. The summed E-state index contributed by atoms with van der Waals surface area (Å²) in [5.41, 5.74) is 7.67. The Morgan fingerprint density at radius 1 is 0.913 bits per heavy atom. The first-order chi connectivity index (χ1) is 20.5. The van der Waals surface area contributed by atoms with Gasteiger partial charge in [-0.15, -0.1) is 5.10 Å². The third-order valence-electron chi connectivity index (χ3n) is 7.49. The molecule has 0 aromatic carbocycles. The Morgan fingerprint density at radius 3 is 1.80 bits per heavy atom. The number of ether oxygens (including phenoxy) is 2. The Kier molecular flexibility index (Phi) is 11.0. The molecule has 2 unspecified atom stereocenters. The second-order valence-corrected chi connectivity index (χ2v) is 12.6. The molecule has 23 heteroatoms. The monoisotopic (exact) mass is 679 g/mol. The Labute approximate surface area is 285 Å². The van der Waals surface area contributed by atoms with Gasteiger partial charge in [0.2, 0.25) is 9.84 Å². The zero-order valence-corrected chi connectivity index (χ0v) is 27.8. The van der Waals surface area contributed by atoms with E-state index in [1.807, 2.05) is 0 Å². The number of nitrogen functional groups attached to an aromatic ring is 2. The number of hydrogen-bond acceptors (Lipinski definition) is 16. The first-order valence-corrected chi connectivity index (χ1v) is 14.8. The van der Waals surface area contributed by atoms with Gasteiger partial charge in [0.1, 0.15) is 43.0 Å². The average molecular weight is 679 g/mol. The number of aromatic nitrogens is 8. The predicted octanol–water partition coefficient (Wildman–Crippen LogP) is -5.41. The zero-order chi connectivity index (χ0) is 32.4. The topological polar surface area (TPSA) is 272 Å². The number of imidazole rings is 2. The van der Waals surface area contributed by atoms with Gasteiger partial charge in [-0.3, -0.25) is 0 Å². The van der Waals surface area contributed by atoms with Gasteiger partial charge in [0.15, 0.2) is 34.3 Å². The molecule has 0 amide bonds. The van der Waals surface area contributed by atoms with Crippen LogP contribution in [-0.2, 0) is 19.3 Å². The largest absolute Gasteiger partial charge is 1.00 e. The molecule has 6 heterocycles. The molecule has 4 aromatic rings. The van der Waals surface area contributed by atoms with Crippen LogP contribution in [0.25, 0.3) is 11.3 Å². The van der Waals surface area contributed by atoms with Gasteiger partial charge in [-0.1, -0.05) is 0 Å². The molecule has 8 N–H and O–H groups in total. The smallest absolute Gasteiger partial charge is 1.00 e. The van der Waals surface area contributed by atoms with Gasteiger partial charge in [0.25, 0.3) is 5.16 Å². The number of fused-ring (bicyclic) bond motifs is 2. The Hall–Kier alpha value is -2.67. The first kappa shape index (κ1) is 37.8. The van der Waals surface area contributed by atoms with Crippen LogP contribution in [0.1, 0.15) is 38.9 Å². The molecule has 245 valence electrons. The van der Waals surface area contributed by atoms with Crippen molar-refractivity contribution in [1.29, 1.82) is 0 Å². The third kappa shape index (κ3) is 6.30. The summed E-state index contributed by atoms with van der Waals surface area (Å²) in [5, 5.41) is 45.4. The van der Waals surface area contributed by atoms with Gasteiger partial charge in [-0.25, -0.2) is 41.2 Å². The quantitative estimate of drug-likeness (QED) is 0.107. The molecule has 0 saturated carbocycles. The number of halogens is 2. The molecule has 46 heavy (non-hydrogen) atoms. The molecule has 0 spiro atoms. The van der Waals surface area contributed by atoms with E-state index < -0.39 is 76.2 Å². The van der Waals surface area contributed by atoms with Crippen molar-refractivity contribution >= 4 is 41.2 Å². The standard InChI is InChI=1S/C12H16FN5O5S.C11H14FN5O3.B.Na.H/c1-12(13)7(20)6(4-19)23-8(12)5-3-15-10-9(14)16-11(17-18(5)10)24(2,21)22;1-11(12)7(19)6(3-18)20-8(11)5-2-14-10-9(13)15-4-16-17(5)10;;;/h3,6-8,19-20H,4H2,1-2H3,(H2,14,16,17);2,4,6-8,18-19H,3H2,1H3,(H2,13,15,16);;;/q;;;+1;-1/t6-,7-,8?,12-;6-,7-,8?,11-;;;/m11.../s1. The van der Waals surface area contributed by atoms with Crippen molar-refractivity contribution in [2.45, 2.75) is 67.0 Å². The second kappa shape index (κ2) is 13.4. The molecule has 6 rings (SSSR count). The maximum Gasteiger partial charge on any atom is 1.00 e. The number of rotatable bonds is 5. The van der Waals surface area contributed by atoms with Crippen molar-refractivity contribution in [3.63, 3.8) is 0 Å². The summed E-state index contributed by atoms with van der Waals surface area (Å²) in [5.74, 6) is -0.0430. The molecule has 0 aliphatic carbocycles. The average Bonchev–Trinajstić information content (AvgIpc) is 3.68. The van der Waals surface area contributed by atoms with E-state index in [4.69, 9.17) is 26.0 Å². The molecule has 18 nitrogen and oxygen atoms in total. The van der Waals surface area contributed by atoms with Gasteiger partial charge in [0, 0.05) is 14.7 Å². The number of nitrogens with zero attached hydrogens (tertiary/aromatic N) is 8. The van der Waals surface area contributed by atoms with Gasteiger partial charge in [-0.05, 0) is 13.8 Å². The maximum absolute atomic E-state index is 14.9. The second-order valence-electron chi connectivity index (χ2n) is 10.7. The van der Waals surface area contributed by atoms with Gasteiger partial charge < -0.3 is 42.8 Å². The van der Waals surface area contributed by atoms with Crippen LogP contribution in [0, 0.1) is 0 Å². The predicted molar refractivity (Wildman–Crippen MR) is 151 cm³/mol. The van der Waals surface area contributed by atoms with Crippen LogP contribution in [0.15, 0.2) is 23.9 Å². The summed E-state index contributed by atoms with van der Waals surface area (Å²) in [6, 6.07) is 0. The number of hydrogen-bond donors (Lipinski definition) is 6. The van der Waals surface area contributed by atoms with Crippen LogP contribution in [0.2, 0.25) is 0 Å². The Morgan fingerprint density at radius 2 is 1.37 bits per heavy atom. The molecule has 2 aliphatic rings. The van der Waals surface area contributed by atoms with E-state index in [2.05, 4.69) is 30.1 Å². The van der Waals surface area contributed by atoms with Crippen LogP contribution in [-0.4, -0.2) is 132 Å². The molecule has 2 saturated heterocycles. The fourth-order valence-electron chi connectivity index (χ4n) is 5.07. The number of nitrogens with two attached hydrogens (primary N) is 2. The zero-order valence-electron chi connectivity index (χ0n) is 26.0. The molecule has 8 atom stereocenters. The molecular weight excluding hydrogens is 648 g/mol. The summed E-state index contributed by atoms with van der Waals surface area (Å²) in [7, 11) is -3.76. The van der Waals surface area contributed by atoms with Gasteiger partial charge >= 0.3 is 29.6 Å². The minimum absolute atomic E-state index is 0. The summed E-state index contributed by atoms with van der Waals surface area (Å²) in [6.45, 7) is 1.26. The molecular formula is C23H31BF2N10NaO8S. The number of aliphatic hydroxyl groups excluding tert-OH is 4. The molecule has 4 aromatic heterocycles. The van der Waals surface area contributed by atoms with Crippen LogP contribution in [0.5, 0.6) is 0 Å². The van der Waals surface area contributed by atoms with Gasteiger partial charge in [-0.2, -0.15) is 10.1 Å². The van der Waals surface area contributed by atoms with E-state index in [9.17, 15) is 32.5 Å². The van der Waals surface area contributed by atoms with E-state index in [0.717, 1.165) is 17.7 Å². The SMILES string of the molecule is C[C@]1(F)C(c2cnc3c(N)nc(S(C)(=O)=O)nn23)O[C@H](CO)[C@H]1O.C[C@]1(F)C(c2cnc3c(N)ncnn23)O[C@H](CO)[C@H]1O.[B].[H-].[Na+]. The maximum atomic E-state index is 14.9. The van der Waals surface area contributed by atoms with Crippen molar-refractivity contribution in [3.05, 3.63) is 30.1 Å². The number of alkyl halides is 2. The van der Waals surface area contributed by atoms with E-state index in [1.165, 1.54) is 30.2 Å². The van der Waals surface area contributed by atoms with E-state index >= 15 is 0 Å². The minimum atomic E-state index is -3.76. The number of anilines is 2. The fourth-order valence-corrected chi connectivity index (χ4v) is 5.57. The minimum Gasteiger partial charge on any atom is -1.00 e. The van der Waals surface area contributed by atoms with Crippen molar-refractivity contribution < 1.29 is 78.1 Å². The Balaban J connectivity index is 0.000000311. The van der Waals surface area contributed by atoms with E-state index in [1.54, 1.807) is 0 Å². The first-order valence-electron chi connectivity index (χ1n) is 13.0. The molecule has 2 fully saturated rings. The third-order valence-corrected chi connectivity index (χ3v) is 8.33. The summed E-state index contributed by atoms with van der Waals surface area (Å²) < 4.78 is 66.0. The van der Waals surface area contributed by atoms with Crippen molar-refractivity contribution in [1.82, 2.24) is 39.2 Å². The molecule has 3 radical (unpaired) electrons. The summed E-state index contributed by atoms with van der Waals surface area (Å²) >= 11 is 0. The molecule has 0 bridgehead atoms. The Bertz CT molecular complexity index is 1820. The van der Waals surface area contributed by atoms with Crippen LogP contribution in [0.3, 0.4) is 0 Å². The van der Waals surface area contributed by atoms with Crippen LogP contribution >= 0.6 is 0 Å². The summed E-state index contributed by atoms with van der Waals surface area (Å²) in [6.07, 6.45) is -2.89. The van der Waals surface area contributed by atoms with Crippen LogP contribution < -0.4 is 41.0 Å². The van der Waals surface area contributed by atoms with E-state index in [0.29, 0.717) is 5.69 Å².